The summed E-state index contributed by atoms with van der Waals surface area (Å²) in [5.41, 5.74) is -0.0642. The van der Waals surface area contributed by atoms with Crippen LogP contribution in [0, 0.1) is 11.7 Å². The number of ether oxygens (including phenoxy) is 3. The molecule has 1 atom stereocenters. The summed E-state index contributed by atoms with van der Waals surface area (Å²) in [7, 11) is -1.98. The molecule has 10 nitrogen and oxygen atoms in total. The third-order valence-corrected chi connectivity index (χ3v) is 7.38. The Hall–Kier alpha value is -2.60. The summed E-state index contributed by atoms with van der Waals surface area (Å²) in [6.07, 6.45) is 4.71. The normalized spacial score (nSPS) is 21.9. The molecule has 12 heteroatoms. The first-order chi connectivity index (χ1) is 18.3. The Morgan fingerprint density at radius 3 is 2.41 bits per heavy atom. The summed E-state index contributed by atoms with van der Waals surface area (Å²) in [6.45, 7) is 6.20. The fourth-order valence-corrected chi connectivity index (χ4v) is 5.32. The molecule has 1 aromatic rings. The fraction of sp³-hybridized carbons (Fsp3) is 0.704. The Morgan fingerprint density at radius 2 is 1.79 bits per heavy atom. The average molecular weight is 573 g/mol. The third-order valence-electron chi connectivity index (χ3n) is 6.82. The molecule has 2 amide bonds. The van der Waals surface area contributed by atoms with Gasteiger partial charge in [0.2, 0.25) is 5.91 Å². The minimum absolute atomic E-state index is 0.0921. The highest BCUT2D eigenvalue weighted by Crippen LogP contribution is 2.33. The van der Waals surface area contributed by atoms with Gasteiger partial charge in [0, 0.05) is 19.2 Å². The van der Waals surface area contributed by atoms with E-state index in [4.69, 9.17) is 18.4 Å². The maximum atomic E-state index is 14.9. The second kappa shape index (κ2) is 13.2. The zero-order valence-electron chi connectivity index (χ0n) is 23.5. The number of nitrogens with one attached hydrogen (secondary N) is 1. The average Bonchev–Trinajstić information content (AvgIpc) is 3.34. The smallest absolute Gasteiger partial charge is 0.410 e. The highest BCUT2D eigenvalue weighted by molar-refractivity contribution is 7.85. The Kier molecular flexibility index (Phi) is 10.4. The van der Waals surface area contributed by atoms with Gasteiger partial charge in [-0.25, -0.2) is 9.18 Å². The molecular weight excluding hydrogens is 531 g/mol. The second-order valence-electron chi connectivity index (χ2n) is 11.2. The summed E-state index contributed by atoms with van der Waals surface area (Å²) in [5.74, 6) is -0.125. The van der Waals surface area contributed by atoms with Crippen molar-refractivity contribution in [2.24, 2.45) is 5.92 Å². The van der Waals surface area contributed by atoms with E-state index < -0.39 is 33.7 Å². The van der Waals surface area contributed by atoms with Crippen LogP contribution in [0.3, 0.4) is 0 Å². The first-order valence-electron chi connectivity index (χ1n) is 13.4. The van der Waals surface area contributed by atoms with E-state index in [1.165, 1.54) is 24.1 Å². The Morgan fingerprint density at radius 1 is 1.10 bits per heavy atom. The van der Waals surface area contributed by atoms with Gasteiger partial charge >= 0.3 is 6.09 Å². The van der Waals surface area contributed by atoms with Crippen LogP contribution in [0.15, 0.2) is 12.1 Å². The van der Waals surface area contributed by atoms with Crippen LogP contribution < -0.4 is 14.8 Å². The molecule has 3 rings (SSSR count). The predicted molar refractivity (Wildman–Crippen MR) is 143 cm³/mol. The second-order valence-corrected chi connectivity index (χ2v) is 12.9. The van der Waals surface area contributed by atoms with E-state index in [9.17, 15) is 22.4 Å². The molecule has 1 aromatic carbocycles. The molecule has 0 unspecified atom stereocenters. The highest BCUT2D eigenvalue weighted by Gasteiger charge is 2.36. The van der Waals surface area contributed by atoms with E-state index in [2.05, 4.69) is 5.32 Å². The minimum atomic E-state index is -3.47. The van der Waals surface area contributed by atoms with Gasteiger partial charge in [-0.1, -0.05) is 0 Å². The third kappa shape index (κ3) is 9.52. The summed E-state index contributed by atoms with van der Waals surface area (Å²) >= 11 is 0. The monoisotopic (exact) mass is 572 g/mol. The van der Waals surface area contributed by atoms with Gasteiger partial charge in [0.15, 0.2) is 11.6 Å². The largest absolute Gasteiger partial charge is 0.496 e. The Labute approximate surface area is 230 Å². The molecule has 0 radical (unpaired) electrons. The SMILES string of the molecule is COc1cc(OC2CCC(COS(C)(=O)=O)CC2)c(F)cc1CCNC(=O)[C@@H]1CCCN1C(=O)OC(C)(C)C. The van der Waals surface area contributed by atoms with Crippen molar-refractivity contribution in [2.45, 2.75) is 83.5 Å². The number of hydrogen-bond donors (Lipinski definition) is 1. The molecular formula is C27H41FN2O8S. The molecule has 220 valence electrons. The molecule has 1 N–H and O–H groups in total. The fourth-order valence-electron chi connectivity index (χ4n) is 4.88. The van der Waals surface area contributed by atoms with Gasteiger partial charge in [0.25, 0.3) is 10.1 Å². The lowest BCUT2D eigenvalue weighted by atomic mass is 9.88. The molecule has 0 aromatic heterocycles. The van der Waals surface area contributed by atoms with Crippen molar-refractivity contribution in [3.63, 3.8) is 0 Å². The lowest BCUT2D eigenvalue weighted by Crippen LogP contribution is -2.47. The van der Waals surface area contributed by atoms with Crippen molar-refractivity contribution >= 4 is 22.1 Å². The molecule has 0 bridgehead atoms. The van der Waals surface area contributed by atoms with Crippen molar-refractivity contribution in [2.75, 3.05) is 33.1 Å². The number of benzene rings is 1. The highest BCUT2D eigenvalue weighted by atomic mass is 32.2. The van der Waals surface area contributed by atoms with Gasteiger partial charge in [0.05, 0.1) is 26.1 Å². The number of methoxy groups -OCH3 is 1. The molecule has 2 fully saturated rings. The molecule has 39 heavy (non-hydrogen) atoms. The molecule has 1 aliphatic carbocycles. The van der Waals surface area contributed by atoms with E-state index in [1.54, 1.807) is 20.8 Å². The quantitative estimate of drug-likeness (QED) is 0.421. The number of likely N-dealkylation sites (tertiary alicyclic amines) is 1. The van der Waals surface area contributed by atoms with Crippen LogP contribution in [0.2, 0.25) is 0 Å². The molecule has 1 saturated heterocycles. The lowest BCUT2D eigenvalue weighted by molar-refractivity contribution is -0.125. The van der Waals surface area contributed by atoms with Crippen LogP contribution in [0.4, 0.5) is 9.18 Å². The van der Waals surface area contributed by atoms with E-state index in [0.717, 1.165) is 19.1 Å². The zero-order valence-corrected chi connectivity index (χ0v) is 24.3. The van der Waals surface area contributed by atoms with Gasteiger partial charge in [-0.15, -0.1) is 0 Å². The van der Waals surface area contributed by atoms with Gasteiger partial charge in [0.1, 0.15) is 17.4 Å². The van der Waals surface area contributed by atoms with Gasteiger partial charge in [-0.05, 0) is 83.3 Å². The maximum absolute atomic E-state index is 14.9. The number of carbonyl (C=O) groups is 2. The summed E-state index contributed by atoms with van der Waals surface area (Å²) < 4.78 is 59.1. The summed E-state index contributed by atoms with van der Waals surface area (Å²) in [4.78, 5) is 26.7. The van der Waals surface area contributed by atoms with Crippen LogP contribution in [0.25, 0.3) is 0 Å². The maximum Gasteiger partial charge on any atom is 0.410 e. The van der Waals surface area contributed by atoms with E-state index in [1.807, 2.05) is 0 Å². The van der Waals surface area contributed by atoms with Gasteiger partial charge in [-0.2, -0.15) is 8.42 Å². The minimum Gasteiger partial charge on any atom is -0.496 e. The molecule has 1 heterocycles. The Bertz CT molecular complexity index is 1110. The van der Waals surface area contributed by atoms with E-state index >= 15 is 0 Å². The van der Waals surface area contributed by atoms with Crippen molar-refractivity contribution < 1.29 is 40.8 Å². The predicted octanol–water partition coefficient (Wildman–Crippen LogP) is 3.81. The number of halogens is 1. The van der Waals surface area contributed by atoms with Gasteiger partial charge < -0.3 is 19.5 Å². The van der Waals surface area contributed by atoms with Crippen molar-refractivity contribution in [1.82, 2.24) is 10.2 Å². The number of rotatable bonds is 10. The van der Waals surface area contributed by atoms with Crippen molar-refractivity contribution in [3.05, 3.63) is 23.5 Å². The topological polar surface area (TPSA) is 120 Å². The molecule has 0 spiro atoms. The first kappa shape index (κ1) is 30.9. The van der Waals surface area contributed by atoms with Crippen LogP contribution in [0.1, 0.15) is 64.9 Å². The zero-order chi connectivity index (χ0) is 28.8. The lowest BCUT2D eigenvalue weighted by Gasteiger charge is -2.29. The van der Waals surface area contributed by atoms with Crippen LogP contribution in [-0.4, -0.2) is 76.1 Å². The van der Waals surface area contributed by atoms with Crippen molar-refractivity contribution in [3.8, 4) is 11.5 Å². The van der Waals surface area contributed by atoms with Crippen molar-refractivity contribution in [1.29, 1.82) is 0 Å². The first-order valence-corrected chi connectivity index (χ1v) is 15.2. The number of nitrogens with zero attached hydrogens (tertiary/aromatic N) is 1. The molecule has 1 saturated carbocycles. The van der Waals surface area contributed by atoms with Crippen LogP contribution in [0.5, 0.6) is 11.5 Å². The van der Waals surface area contributed by atoms with Gasteiger partial charge in [-0.3, -0.25) is 13.9 Å². The number of hydrogen-bond acceptors (Lipinski definition) is 8. The van der Waals surface area contributed by atoms with Crippen LogP contribution in [-0.2, 0) is 30.3 Å². The molecule has 1 aliphatic heterocycles. The summed E-state index contributed by atoms with van der Waals surface area (Å²) in [6, 6.07) is 2.28. The van der Waals surface area contributed by atoms with E-state index in [0.29, 0.717) is 50.0 Å². The van der Waals surface area contributed by atoms with Crippen LogP contribution >= 0.6 is 0 Å². The number of amides is 2. The summed E-state index contributed by atoms with van der Waals surface area (Å²) in [5, 5.41) is 2.85. The number of carbonyl (C=O) groups excluding carboxylic acids is 2. The standard InChI is InChI=1S/C27H41FN2O8S/c1-27(2,3)38-26(32)30-14-6-7-22(30)25(31)29-13-12-19-15-21(28)24(16-23(19)35-4)37-20-10-8-18(9-11-20)17-36-39(5,33)34/h15-16,18,20,22H,6-14,17H2,1-5H3,(H,29,31)/t18?,20?,22-/m0/s1. The Balaban J connectivity index is 1.51. The van der Waals surface area contributed by atoms with E-state index in [-0.39, 0.29) is 36.8 Å². The molecule has 2 aliphatic rings.